The molecule has 1 aromatic carbocycles. The van der Waals surface area contributed by atoms with Gasteiger partial charge in [-0.3, -0.25) is 0 Å². The Kier molecular flexibility index (Phi) is 6.09. The molecule has 102 valence electrons. The first-order valence-corrected chi connectivity index (χ1v) is 7.04. The summed E-state index contributed by atoms with van der Waals surface area (Å²) in [6.07, 6.45) is -0.0388. The number of benzene rings is 1. The molecule has 2 nitrogen and oxygen atoms in total. The number of ether oxygens (including phenoxy) is 1. The van der Waals surface area contributed by atoms with Crippen LogP contribution in [0.3, 0.4) is 0 Å². The summed E-state index contributed by atoms with van der Waals surface area (Å²) < 4.78 is 20.2. The van der Waals surface area contributed by atoms with Crippen LogP contribution in [-0.4, -0.2) is 18.7 Å². The lowest BCUT2D eigenvalue weighted by Gasteiger charge is -2.24. The first-order chi connectivity index (χ1) is 8.40. The molecule has 0 aromatic heterocycles. The zero-order valence-electron chi connectivity index (χ0n) is 11.3. The largest absolute Gasteiger partial charge is 0.486 e. The zero-order valence-corrected chi connectivity index (χ0v) is 12.9. The van der Waals surface area contributed by atoms with Crippen LogP contribution in [0.1, 0.15) is 27.7 Å². The van der Waals surface area contributed by atoms with Crippen molar-refractivity contribution in [1.29, 1.82) is 0 Å². The lowest BCUT2D eigenvalue weighted by Crippen LogP contribution is -2.38. The maximum atomic E-state index is 13.7. The first-order valence-electron chi connectivity index (χ1n) is 6.25. The van der Waals surface area contributed by atoms with Gasteiger partial charge in [0.15, 0.2) is 11.6 Å². The Morgan fingerprint density at radius 2 is 1.94 bits per heavy atom. The standard InChI is InChI=1S/C14H21BrFNO/c1-9(2)14(8-17-10(3)4)18-13-6-5-11(15)7-12(13)16/h5-7,9-10,14,17H,8H2,1-4H3. The van der Waals surface area contributed by atoms with Gasteiger partial charge in [-0.1, -0.05) is 43.6 Å². The van der Waals surface area contributed by atoms with Crippen LogP contribution in [0.25, 0.3) is 0 Å². The van der Waals surface area contributed by atoms with Gasteiger partial charge in [0.1, 0.15) is 6.10 Å². The van der Waals surface area contributed by atoms with Crippen LogP contribution in [0.5, 0.6) is 5.75 Å². The fraction of sp³-hybridized carbons (Fsp3) is 0.571. The molecule has 4 heteroatoms. The quantitative estimate of drug-likeness (QED) is 0.856. The molecule has 1 atom stereocenters. The number of rotatable bonds is 6. The lowest BCUT2D eigenvalue weighted by atomic mass is 10.1. The van der Waals surface area contributed by atoms with Gasteiger partial charge in [-0.25, -0.2) is 4.39 Å². The molecule has 1 unspecified atom stereocenters. The molecule has 1 aromatic rings. The summed E-state index contributed by atoms with van der Waals surface area (Å²) in [5.74, 6) is 0.293. The molecule has 0 spiro atoms. The minimum Gasteiger partial charge on any atom is -0.486 e. The molecule has 0 saturated carbocycles. The van der Waals surface area contributed by atoms with Crippen molar-refractivity contribution in [3.05, 3.63) is 28.5 Å². The van der Waals surface area contributed by atoms with E-state index < -0.39 is 0 Å². The van der Waals surface area contributed by atoms with Gasteiger partial charge in [0.05, 0.1) is 0 Å². The van der Waals surface area contributed by atoms with Gasteiger partial charge in [0.2, 0.25) is 0 Å². The monoisotopic (exact) mass is 317 g/mol. The summed E-state index contributed by atoms with van der Waals surface area (Å²) in [4.78, 5) is 0. The van der Waals surface area contributed by atoms with Gasteiger partial charge in [-0.05, 0) is 24.1 Å². The third kappa shape index (κ3) is 4.94. The highest BCUT2D eigenvalue weighted by Gasteiger charge is 2.17. The van der Waals surface area contributed by atoms with Crippen molar-refractivity contribution in [1.82, 2.24) is 5.32 Å². The number of hydrogen-bond acceptors (Lipinski definition) is 2. The minimum atomic E-state index is -0.334. The van der Waals surface area contributed by atoms with Crippen molar-refractivity contribution in [2.45, 2.75) is 39.8 Å². The summed E-state index contributed by atoms with van der Waals surface area (Å²) >= 11 is 3.23. The fourth-order valence-corrected chi connectivity index (χ4v) is 1.83. The van der Waals surface area contributed by atoms with Crippen molar-refractivity contribution in [3.63, 3.8) is 0 Å². The molecule has 1 rings (SSSR count). The van der Waals surface area contributed by atoms with E-state index in [0.717, 1.165) is 0 Å². The predicted molar refractivity (Wildman–Crippen MR) is 76.5 cm³/mol. The van der Waals surface area contributed by atoms with Crippen molar-refractivity contribution >= 4 is 15.9 Å². The molecular weight excluding hydrogens is 297 g/mol. The summed E-state index contributed by atoms with van der Waals surface area (Å²) in [6, 6.07) is 5.25. The van der Waals surface area contributed by atoms with Crippen molar-refractivity contribution in [2.75, 3.05) is 6.54 Å². The Labute approximate surface area is 117 Å². The van der Waals surface area contributed by atoms with E-state index >= 15 is 0 Å². The second kappa shape index (κ2) is 7.10. The topological polar surface area (TPSA) is 21.3 Å². The molecule has 0 aliphatic rings. The Morgan fingerprint density at radius 1 is 1.28 bits per heavy atom. The van der Waals surface area contributed by atoms with Crippen LogP contribution in [0, 0.1) is 11.7 Å². The smallest absolute Gasteiger partial charge is 0.166 e. The molecule has 0 saturated heterocycles. The van der Waals surface area contributed by atoms with E-state index in [9.17, 15) is 4.39 Å². The summed E-state index contributed by atoms with van der Waals surface area (Å²) in [5.41, 5.74) is 0. The third-order valence-corrected chi connectivity index (χ3v) is 3.14. The predicted octanol–water partition coefficient (Wildman–Crippen LogP) is 3.99. The maximum absolute atomic E-state index is 13.7. The highest BCUT2D eigenvalue weighted by Crippen LogP contribution is 2.23. The van der Waals surface area contributed by atoms with Gasteiger partial charge in [-0.15, -0.1) is 0 Å². The van der Waals surface area contributed by atoms with Crippen molar-refractivity contribution in [2.24, 2.45) is 5.92 Å². The Hall–Kier alpha value is -0.610. The third-order valence-electron chi connectivity index (χ3n) is 2.64. The number of hydrogen-bond donors (Lipinski definition) is 1. The van der Waals surface area contributed by atoms with E-state index in [1.165, 1.54) is 6.07 Å². The van der Waals surface area contributed by atoms with Gasteiger partial charge in [0.25, 0.3) is 0 Å². The molecule has 0 bridgehead atoms. The second-order valence-electron chi connectivity index (χ2n) is 5.04. The minimum absolute atomic E-state index is 0.0388. The fourth-order valence-electron chi connectivity index (χ4n) is 1.50. The molecular formula is C14H21BrFNO. The van der Waals surface area contributed by atoms with Crippen molar-refractivity contribution in [3.8, 4) is 5.75 Å². The molecule has 0 heterocycles. The van der Waals surface area contributed by atoms with E-state index in [4.69, 9.17) is 4.74 Å². The molecule has 0 amide bonds. The molecule has 0 fully saturated rings. The molecule has 0 radical (unpaired) electrons. The first kappa shape index (κ1) is 15.4. The Morgan fingerprint density at radius 3 is 2.44 bits per heavy atom. The average Bonchev–Trinajstić information content (AvgIpc) is 2.26. The van der Waals surface area contributed by atoms with Gasteiger partial charge >= 0.3 is 0 Å². The Bertz CT molecular complexity index is 382. The molecule has 1 N–H and O–H groups in total. The van der Waals surface area contributed by atoms with Crippen LogP contribution in [0.4, 0.5) is 4.39 Å². The molecule has 0 aliphatic carbocycles. The van der Waals surface area contributed by atoms with Crippen LogP contribution in [0.15, 0.2) is 22.7 Å². The van der Waals surface area contributed by atoms with Gasteiger partial charge in [0, 0.05) is 17.1 Å². The van der Waals surface area contributed by atoms with E-state index in [1.54, 1.807) is 12.1 Å². The maximum Gasteiger partial charge on any atom is 0.166 e. The van der Waals surface area contributed by atoms with E-state index in [0.29, 0.717) is 28.7 Å². The summed E-state index contributed by atoms with van der Waals surface area (Å²) in [7, 11) is 0. The number of nitrogens with one attached hydrogen (secondary N) is 1. The highest BCUT2D eigenvalue weighted by molar-refractivity contribution is 9.10. The van der Waals surface area contributed by atoms with Crippen LogP contribution >= 0.6 is 15.9 Å². The van der Waals surface area contributed by atoms with Crippen LogP contribution < -0.4 is 10.1 Å². The van der Waals surface area contributed by atoms with E-state index in [1.807, 2.05) is 0 Å². The van der Waals surface area contributed by atoms with E-state index in [2.05, 4.69) is 48.9 Å². The highest BCUT2D eigenvalue weighted by atomic mass is 79.9. The second-order valence-corrected chi connectivity index (χ2v) is 5.95. The molecule has 18 heavy (non-hydrogen) atoms. The lowest BCUT2D eigenvalue weighted by molar-refractivity contribution is 0.140. The van der Waals surface area contributed by atoms with E-state index in [-0.39, 0.29) is 11.9 Å². The zero-order chi connectivity index (χ0) is 13.7. The summed E-state index contributed by atoms with van der Waals surface area (Å²) in [6.45, 7) is 9.02. The van der Waals surface area contributed by atoms with Crippen LogP contribution in [-0.2, 0) is 0 Å². The Balaban J connectivity index is 2.70. The van der Waals surface area contributed by atoms with Crippen LogP contribution in [0.2, 0.25) is 0 Å². The van der Waals surface area contributed by atoms with Gasteiger partial charge in [-0.2, -0.15) is 0 Å². The summed E-state index contributed by atoms with van der Waals surface area (Å²) in [5, 5.41) is 3.32. The SMILES string of the molecule is CC(C)NCC(Oc1ccc(Br)cc1F)C(C)C. The van der Waals surface area contributed by atoms with Crippen molar-refractivity contribution < 1.29 is 9.13 Å². The average molecular weight is 318 g/mol. The normalized spacial score (nSPS) is 13.1. The van der Waals surface area contributed by atoms with Gasteiger partial charge < -0.3 is 10.1 Å². The number of halogens is 2. The molecule has 0 aliphatic heterocycles.